The van der Waals surface area contributed by atoms with Gasteiger partial charge in [-0.3, -0.25) is 4.79 Å². The lowest BCUT2D eigenvalue weighted by Gasteiger charge is -2.39. The van der Waals surface area contributed by atoms with Gasteiger partial charge in [0.2, 0.25) is 0 Å². The molecule has 1 aromatic rings. The molecule has 2 rings (SSSR count). The average molecular weight is 294 g/mol. The maximum absolute atomic E-state index is 11.5. The Bertz CT molecular complexity index is 459. The number of carbonyl (C=O) groups is 1. The van der Waals surface area contributed by atoms with Crippen LogP contribution in [0.25, 0.3) is 0 Å². The van der Waals surface area contributed by atoms with Crippen molar-refractivity contribution in [2.24, 2.45) is 17.3 Å². The average Bonchev–Trinajstić information content (AvgIpc) is 2.38. The van der Waals surface area contributed by atoms with Gasteiger partial charge in [0.1, 0.15) is 0 Å². The third-order valence-corrected chi connectivity index (χ3v) is 5.38. The summed E-state index contributed by atoms with van der Waals surface area (Å²) in [4.78, 5) is 19.9. The fraction of sp³-hybridized carbons (Fsp3) is 0.667. The van der Waals surface area contributed by atoms with Gasteiger partial charge in [0.05, 0.1) is 5.92 Å². The summed E-state index contributed by atoms with van der Waals surface area (Å²) in [6, 6.07) is 1.78. The molecule has 1 heterocycles. The SMILES string of the molecule is CC(C)(C)C1CCC(C(=O)O)C(Sc2ncccn2)C1. The smallest absolute Gasteiger partial charge is 0.307 e. The van der Waals surface area contributed by atoms with Gasteiger partial charge in [-0.1, -0.05) is 32.5 Å². The summed E-state index contributed by atoms with van der Waals surface area (Å²) < 4.78 is 0. The third kappa shape index (κ3) is 3.72. The molecule has 1 N–H and O–H groups in total. The number of nitrogens with zero attached hydrogens (tertiary/aromatic N) is 2. The zero-order chi connectivity index (χ0) is 14.8. The van der Waals surface area contributed by atoms with E-state index in [0.717, 1.165) is 19.3 Å². The van der Waals surface area contributed by atoms with Gasteiger partial charge in [0.15, 0.2) is 5.16 Å². The van der Waals surface area contributed by atoms with Gasteiger partial charge in [-0.15, -0.1) is 0 Å². The number of aromatic nitrogens is 2. The minimum Gasteiger partial charge on any atom is -0.481 e. The molecule has 110 valence electrons. The number of aliphatic carboxylic acids is 1. The van der Waals surface area contributed by atoms with Crippen LogP contribution in [0.1, 0.15) is 40.0 Å². The lowest BCUT2D eigenvalue weighted by molar-refractivity contribution is -0.143. The van der Waals surface area contributed by atoms with E-state index < -0.39 is 5.97 Å². The molecular weight excluding hydrogens is 272 g/mol. The molecule has 4 nitrogen and oxygen atoms in total. The van der Waals surface area contributed by atoms with Crippen LogP contribution in [-0.4, -0.2) is 26.3 Å². The first-order chi connectivity index (χ1) is 9.38. The number of thioether (sulfide) groups is 1. The van der Waals surface area contributed by atoms with Crippen LogP contribution < -0.4 is 0 Å². The summed E-state index contributed by atoms with van der Waals surface area (Å²) >= 11 is 1.52. The van der Waals surface area contributed by atoms with E-state index in [9.17, 15) is 9.90 Å². The standard InChI is InChI=1S/C15H22N2O2S/c1-15(2,3)10-5-6-11(13(18)19)12(9-10)20-14-16-7-4-8-17-14/h4,7-8,10-12H,5-6,9H2,1-3H3,(H,18,19). The monoisotopic (exact) mass is 294 g/mol. The van der Waals surface area contributed by atoms with Crippen molar-refractivity contribution in [3.63, 3.8) is 0 Å². The largest absolute Gasteiger partial charge is 0.481 e. The zero-order valence-electron chi connectivity index (χ0n) is 12.2. The van der Waals surface area contributed by atoms with Crippen molar-refractivity contribution in [2.45, 2.75) is 50.4 Å². The molecule has 0 bridgehead atoms. The molecule has 3 unspecified atom stereocenters. The lowest BCUT2D eigenvalue weighted by Crippen LogP contribution is -2.37. The highest BCUT2D eigenvalue weighted by molar-refractivity contribution is 7.99. The highest BCUT2D eigenvalue weighted by Gasteiger charge is 2.39. The summed E-state index contributed by atoms with van der Waals surface area (Å²) in [5.41, 5.74) is 0.222. The van der Waals surface area contributed by atoms with E-state index in [1.165, 1.54) is 11.8 Å². The molecule has 1 aromatic heterocycles. The van der Waals surface area contributed by atoms with Crippen LogP contribution in [0.3, 0.4) is 0 Å². The Hall–Kier alpha value is -1.10. The Kier molecular flexibility index (Phi) is 4.68. The van der Waals surface area contributed by atoms with Crippen LogP contribution in [0.2, 0.25) is 0 Å². The molecular formula is C15H22N2O2S. The van der Waals surface area contributed by atoms with Crippen molar-refractivity contribution in [3.05, 3.63) is 18.5 Å². The van der Waals surface area contributed by atoms with Gasteiger partial charge < -0.3 is 5.11 Å². The molecule has 0 aromatic carbocycles. The lowest BCUT2D eigenvalue weighted by atomic mass is 9.69. The quantitative estimate of drug-likeness (QED) is 0.865. The van der Waals surface area contributed by atoms with Crippen LogP contribution in [0.15, 0.2) is 23.6 Å². The van der Waals surface area contributed by atoms with Crippen molar-refractivity contribution in [1.82, 2.24) is 9.97 Å². The van der Waals surface area contributed by atoms with E-state index in [0.29, 0.717) is 11.1 Å². The summed E-state index contributed by atoms with van der Waals surface area (Å²) in [6.45, 7) is 6.71. The summed E-state index contributed by atoms with van der Waals surface area (Å²) in [6.07, 6.45) is 6.07. The summed E-state index contributed by atoms with van der Waals surface area (Å²) in [7, 11) is 0. The van der Waals surface area contributed by atoms with Gasteiger partial charge in [0, 0.05) is 17.6 Å². The number of carboxylic acid groups (broad SMARTS) is 1. The number of carboxylic acids is 1. The van der Waals surface area contributed by atoms with Crippen molar-refractivity contribution >= 4 is 17.7 Å². The minimum absolute atomic E-state index is 0.0628. The second-order valence-corrected chi connectivity index (χ2v) is 7.71. The predicted octanol–water partition coefficient (Wildman–Crippen LogP) is 3.48. The summed E-state index contributed by atoms with van der Waals surface area (Å²) in [5.74, 6) is -0.424. The van der Waals surface area contributed by atoms with Gasteiger partial charge in [0.25, 0.3) is 0 Å². The maximum Gasteiger partial charge on any atom is 0.307 e. The zero-order valence-corrected chi connectivity index (χ0v) is 13.1. The molecule has 1 aliphatic carbocycles. The first kappa shape index (κ1) is 15.3. The minimum atomic E-state index is -0.689. The molecule has 0 aliphatic heterocycles. The molecule has 20 heavy (non-hydrogen) atoms. The molecule has 0 spiro atoms. The van der Waals surface area contributed by atoms with E-state index >= 15 is 0 Å². The van der Waals surface area contributed by atoms with Crippen molar-refractivity contribution < 1.29 is 9.90 Å². The first-order valence-electron chi connectivity index (χ1n) is 7.04. The van der Waals surface area contributed by atoms with Gasteiger partial charge in [-0.25, -0.2) is 9.97 Å². The number of hydrogen-bond acceptors (Lipinski definition) is 4. The number of hydrogen-bond donors (Lipinski definition) is 1. The Balaban J connectivity index is 2.13. The molecule has 1 fully saturated rings. The van der Waals surface area contributed by atoms with E-state index in [1.807, 2.05) is 0 Å². The van der Waals surface area contributed by atoms with Crippen molar-refractivity contribution in [2.75, 3.05) is 0 Å². The highest BCUT2D eigenvalue weighted by Crippen LogP contribution is 2.45. The Morgan fingerprint density at radius 1 is 1.30 bits per heavy atom. The van der Waals surface area contributed by atoms with Crippen LogP contribution in [0.5, 0.6) is 0 Å². The molecule has 5 heteroatoms. The van der Waals surface area contributed by atoms with Crippen LogP contribution in [0.4, 0.5) is 0 Å². The van der Waals surface area contributed by atoms with Crippen molar-refractivity contribution in [3.8, 4) is 0 Å². The highest BCUT2D eigenvalue weighted by atomic mass is 32.2. The van der Waals surface area contributed by atoms with Gasteiger partial charge >= 0.3 is 5.97 Å². The topological polar surface area (TPSA) is 63.1 Å². The Morgan fingerprint density at radius 3 is 2.50 bits per heavy atom. The van der Waals surface area contributed by atoms with Crippen LogP contribution >= 0.6 is 11.8 Å². The third-order valence-electron chi connectivity index (χ3n) is 4.13. The fourth-order valence-electron chi connectivity index (χ4n) is 2.81. The van der Waals surface area contributed by atoms with E-state index in [2.05, 4.69) is 30.7 Å². The van der Waals surface area contributed by atoms with E-state index in [4.69, 9.17) is 0 Å². The number of rotatable bonds is 3. The summed E-state index contributed by atoms with van der Waals surface area (Å²) in [5, 5.41) is 10.2. The molecule has 0 radical (unpaired) electrons. The molecule has 0 amide bonds. The first-order valence-corrected chi connectivity index (χ1v) is 7.92. The molecule has 1 aliphatic rings. The van der Waals surface area contributed by atoms with Crippen LogP contribution in [-0.2, 0) is 4.79 Å². The Labute approximate surface area is 124 Å². The fourth-order valence-corrected chi connectivity index (χ4v) is 4.07. The second-order valence-electron chi connectivity index (χ2n) is 6.51. The maximum atomic E-state index is 11.5. The molecule has 3 atom stereocenters. The second kappa shape index (κ2) is 6.12. The van der Waals surface area contributed by atoms with Gasteiger partial charge in [-0.05, 0) is 36.7 Å². The van der Waals surface area contributed by atoms with Crippen molar-refractivity contribution in [1.29, 1.82) is 0 Å². The predicted molar refractivity (Wildman–Crippen MR) is 79.6 cm³/mol. The Morgan fingerprint density at radius 2 is 1.95 bits per heavy atom. The molecule has 1 saturated carbocycles. The normalized spacial score (nSPS) is 27.2. The van der Waals surface area contributed by atoms with E-state index in [-0.39, 0.29) is 16.6 Å². The molecule has 0 saturated heterocycles. The van der Waals surface area contributed by atoms with E-state index in [1.54, 1.807) is 18.5 Å². The van der Waals surface area contributed by atoms with Crippen LogP contribution in [0, 0.1) is 17.3 Å². The van der Waals surface area contributed by atoms with Gasteiger partial charge in [-0.2, -0.15) is 0 Å².